The number of ketones is 3. The average Bonchev–Trinajstić information content (AvgIpc) is 2.75. The van der Waals surface area contributed by atoms with Crippen molar-refractivity contribution < 1.29 is 34.8 Å². The van der Waals surface area contributed by atoms with Crippen LogP contribution >= 0.6 is 0 Å². The summed E-state index contributed by atoms with van der Waals surface area (Å²) in [6, 6.07) is 15.2. The molecule has 0 heterocycles. The third kappa shape index (κ3) is 3.90. The van der Waals surface area contributed by atoms with Gasteiger partial charge in [0.25, 0.3) is 0 Å². The van der Waals surface area contributed by atoms with E-state index in [-0.39, 0.29) is 16.9 Å². The van der Waals surface area contributed by atoms with Crippen molar-refractivity contribution in [1.82, 2.24) is 0 Å². The van der Waals surface area contributed by atoms with Gasteiger partial charge in [-0.1, -0.05) is 42.5 Å². The number of allylic oxidation sites excluding steroid dienone is 1. The lowest BCUT2D eigenvalue weighted by Gasteiger charge is -2.07. The lowest BCUT2D eigenvalue weighted by Crippen LogP contribution is -2.15. The number of rotatable bonds is 2. The number of fused-ring (bicyclic) bond motifs is 1. The van der Waals surface area contributed by atoms with Gasteiger partial charge in [-0.3, -0.25) is 14.4 Å². The van der Waals surface area contributed by atoms with E-state index >= 15 is 0 Å². The summed E-state index contributed by atoms with van der Waals surface area (Å²) in [5, 5.41) is 37.6. The van der Waals surface area contributed by atoms with Crippen LogP contribution in [0.1, 0.15) is 31.8 Å². The molecule has 0 spiro atoms. The van der Waals surface area contributed by atoms with E-state index in [1.165, 1.54) is 24.3 Å². The maximum absolute atomic E-state index is 12.0. The second-order valence-corrected chi connectivity index (χ2v) is 6.29. The summed E-state index contributed by atoms with van der Waals surface area (Å²) in [5.41, 5.74) is 1.12. The molecule has 0 fully saturated rings. The van der Waals surface area contributed by atoms with Crippen molar-refractivity contribution in [3.8, 4) is 23.0 Å². The number of phenols is 4. The molecule has 30 heavy (non-hydrogen) atoms. The number of carbonyl (C=O) groups excluding carboxylic acids is 3. The lowest BCUT2D eigenvalue weighted by molar-refractivity contribution is -0.110. The van der Waals surface area contributed by atoms with Crippen LogP contribution in [0.25, 0.3) is 6.08 Å². The SMILES string of the molecule is O=C(c1ccccc1O)c1ccc(O)c(O)c1O.O=C1C=Cc2ccccc2C1=O. The number of para-hydroxylation sites is 1. The summed E-state index contributed by atoms with van der Waals surface area (Å²) in [5.74, 6) is -3.74. The van der Waals surface area contributed by atoms with Crippen LogP contribution in [0.2, 0.25) is 0 Å². The van der Waals surface area contributed by atoms with Crippen molar-refractivity contribution in [3.05, 3.63) is 89.0 Å². The molecule has 3 aromatic carbocycles. The second kappa shape index (κ2) is 8.32. The molecule has 0 saturated heterocycles. The van der Waals surface area contributed by atoms with Crippen LogP contribution in [0.4, 0.5) is 0 Å². The Morgan fingerprint density at radius 3 is 2.03 bits per heavy atom. The van der Waals surface area contributed by atoms with Crippen LogP contribution in [0.3, 0.4) is 0 Å². The molecule has 0 amide bonds. The molecule has 0 atom stereocenters. The molecule has 1 aliphatic rings. The first-order valence-electron chi connectivity index (χ1n) is 8.73. The third-order valence-corrected chi connectivity index (χ3v) is 4.37. The van der Waals surface area contributed by atoms with E-state index in [0.29, 0.717) is 5.56 Å². The largest absolute Gasteiger partial charge is 0.507 e. The van der Waals surface area contributed by atoms with Crippen molar-refractivity contribution in [2.24, 2.45) is 0 Å². The molecule has 150 valence electrons. The van der Waals surface area contributed by atoms with Crippen LogP contribution in [0.15, 0.2) is 66.7 Å². The van der Waals surface area contributed by atoms with Crippen LogP contribution in [0.5, 0.6) is 23.0 Å². The normalized spacial score (nSPS) is 12.0. The highest BCUT2D eigenvalue weighted by Gasteiger charge is 2.21. The van der Waals surface area contributed by atoms with Crippen molar-refractivity contribution >= 4 is 23.4 Å². The summed E-state index contributed by atoms with van der Waals surface area (Å²) in [6.45, 7) is 0. The Morgan fingerprint density at radius 2 is 1.30 bits per heavy atom. The fraction of sp³-hybridized carbons (Fsp3) is 0. The van der Waals surface area contributed by atoms with Gasteiger partial charge >= 0.3 is 0 Å². The number of aromatic hydroxyl groups is 4. The highest BCUT2D eigenvalue weighted by Crippen LogP contribution is 2.38. The van der Waals surface area contributed by atoms with Gasteiger partial charge in [0, 0.05) is 5.56 Å². The van der Waals surface area contributed by atoms with Crippen molar-refractivity contribution in [1.29, 1.82) is 0 Å². The molecular formula is C23H16O7. The second-order valence-electron chi connectivity index (χ2n) is 6.29. The Bertz CT molecular complexity index is 1190. The fourth-order valence-corrected chi connectivity index (χ4v) is 2.79. The molecule has 7 heteroatoms. The summed E-state index contributed by atoms with van der Waals surface area (Å²) in [4.78, 5) is 34.2. The van der Waals surface area contributed by atoms with Gasteiger partial charge in [0.05, 0.1) is 11.1 Å². The summed E-state index contributed by atoms with van der Waals surface area (Å²) < 4.78 is 0. The monoisotopic (exact) mass is 404 g/mol. The molecule has 0 aromatic heterocycles. The standard InChI is InChI=1S/C13H10O5.C10H6O2/c14-9-4-2-1-3-7(9)11(16)8-5-6-10(15)13(18)12(8)17;11-9-6-5-7-3-1-2-4-8(7)10(9)12/h1-6,14-15,17-18H;1-6H. The van der Waals surface area contributed by atoms with Gasteiger partial charge < -0.3 is 20.4 Å². The summed E-state index contributed by atoms with van der Waals surface area (Å²) in [6.07, 6.45) is 2.98. The van der Waals surface area contributed by atoms with Crippen molar-refractivity contribution in [3.63, 3.8) is 0 Å². The smallest absolute Gasteiger partial charge is 0.233 e. The minimum Gasteiger partial charge on any atom is -0.507 e. The van der Waals surface area contributed by atoms with Gasteiger partial charge in [0.1, 0.15) is 5.75 Å². The zero-order valence-corrected chi connectivity index (χ0v) is 15.4. The van der Waals surface area contributed by atoms with E-state index in [0.717, 1.165) is 11.6 Å². The first-order valence-corrected chi connectivity index (χ1v) is 8.73. The zero-order chi connectivity index (χ0) is 21.8. The quantitative estimate of drug-likeness (QED) is 0.293. The number of benzene rings is 3. The van der Waals surface area contributed by atoms with Gasteiger partial charge in [-0.05, 0) is 35.9 Å². The number of Topliss-reactive ketones (excluding diaryl/α,β-unsaturated/α-hetero) is 1. The summed E-state index contributed by atoms with van der Waals surface area (Å²) >= 11 is 0. The molecule has 0 bridgehead atoms. The Labute approximate surface area is 170 Å². The van der Waals surface area contributed by atoms with Crippen molar-refractivity contribution in [2.45, 2.75) is 0 Å². The zero-order valence-electron chi connectivity index (χ0n) is 15.4. The topological polar surface area (TPSA) is 132 Å². The van der Waals surface area contributed by atoms with Crippen LogP contribution in [-0.2, 0) is 4.79 Å². The maximum Gasteiger partial charge on any atom is 0.233 e. The fourth-order valence-electron chi connectivity index (χ4n) is 2.79. The van der Waals surface area contributed by atoms with E-state index in [2.05, 4.69) is 0 Å². The Hall–Kier alpha value is -4.39. The molecule has 4 rings (SSSR count). The Kier molecular flexibility index (Phi) is 5.64. The van der Waals surface area contributed by atoms with Gasteiger partial charge in [0.2, 0.25) is 23.1 Å². The number of phenolic OH excluding ortho intramolecular Hbond substituents is 4. The van der Waals surface area contributed by atoms with E-state index in [1.54, 1.807) is 30.3 Å². The highest BCUT2D eigenvalue weighted by atomic mass is 16.3. The van der Waals surface area contributed by atoms with Gasteiger partial charge in [0.15, 0.2) is 11.5 Å². The Balaban J connectivity index is 0.000000184. The molecule has 3 aromatic rings. The highest BCUT2D eigenvalue weighted by molar-refractivity contribution is 6.49. The summed E-state index contributed by atoms with van der Waals surface area (Å²) in [7, 11) is 0. The number of carbonyl (C=O) groups is 3. The van der Waals surface area contributed by atoms with Gasteiger partial charge in [-0.2, -0.15) is 0 Å². The lowest BCUT2D eigenvalue weighted by atomic mass is 9.96. The predicted octanol–water partition coefficient (Wildman–Crippen LogP) is 3.21. The van der Waals surface area contributed by atoms with Crippen molar-refractivity contribution in [2.75, 3.05) is 0 Å². The van der Waals surface area contributed by atoms with Crippen LogP contribution in [0, 0.1) is 0 Å². The van der Waals surface area contributed by atoms with Crippen LogP contribution in [-0.4, -0.2) is 37.8 Å². The van der Waals surface area contributed by atoms with E-state index in [9.17, 15) is 29.7 Å². The molecule has 1 aliphatic carbocycles. The molecule has 0 unspecified atom stereocenters. The first kappa shape index (κ1) is 20.3. The molecule has 0 radical (unpaired) electrons. The van der Waals surface area contributed by atoms with E-state index in [1.807, 2.05) is 12.1 Å². The molecule has 0 aliphatic heterocycles. The molecular weight excluding hydrogens is 388 g/mol. The maximum atomic E-state index is 12.0. The first-order chi connectivity index (χ1) is 14.3. The minimum absolute atomic E-state index is 0.00195. The molecule has 4 N–H and O–H groups in total. The van der Waals surface area contributed by atoms with Crippen LogP contribution < -0.4 is 0 Å². The minimum atomic E-state index is -0.767. The molecule has 0 saturated carbocycles. The number of hydrogen-bond acceptors (Lipinski definition) is 7. The third-order valence-electron chi connectivity index (χ3n) is 4.37. The van der Waals surface area contributed by atoms with Gasteiger partial charge in [-0.25, -0.2) is 0 Å². The van der Waals surface area contributed by atoms with E-state index in [4.69, 9.17) is 5.11 Å². The predicted molar refractivity (Wildman–Crippen MR) is 108 cm³/mol. The molecule has 7 nitrogen and oxygen atoms in total. The van der Waals surface area contributed by atoms with Gasteiger partial charge in [-0.15, -0.1) is 0 Å². The average molecular weight is 404 g/mol. The van der Waals surface area contributed by atoms with E-state index < -0.39 is 34.6 Å². The number of hydrogen-bond donors (Lipinski definition) is 4. The Morgan fingerprint density at radius 1 is 0.633 bits per heavy atom.